The van der Waals surface area contributed by atoms with Crippen LogP contribution in [0.5, 0.6) is 11.5 Å². The van der Waals surface area contributed by atoms with E-state index in [1.54, 1.807) is 14.2 Å². The van der Waals surface area contributed by atoms with Gasteiger partial charge in [0.15, 0.2) is 0 Å². The number of nitrogens with zero attached hydrogens (tertiary/aromatic N) is 3. The van der Waals surface area contributed by atoms with E-state index in [-0.39, 0.29) is 0 Å². The largest absolute Gasteiger partial charge is 0.497 e. The van der Waals surface area contributed by atoms with Crippen molar-refractivity contribution in [2.45, 2.75) is 19.6 Å². The van der Waals surface area contributed by atoms with Crippen LogP contribution < -0.4 is 14.4 Å². The Morgan fingerprint density at radius 1 is 0.844 bits per heavy atom. The van der Waals surface area contributed by atoms with E-state index in [9.17, 15) is 0 Å². The molecule has 3 aromatic rings. The van der Waals surface area contributed by atoms with Crippen LogP contribution in [0.1, 0.15) is 16.7 Å². The second kappa shape index (κ2) is 11.0. The average Bonchev–Trinajstić information content (AvgIpc) is 2.85. The van der Waals surface area contributed by atoms with Gasteiger partial charge in [-0.15, -0.1) is 0 Å². The second-order valence-electron chi connectivity index (χ2n) is 7.97. The zero-order chi connectivity index (χ0) is 22.2. The molecule has 0 radical (unpaired) electrons. The summed E-state index contributed by atoms with van der Waals surface area (Å²) in [5.74, 6) is 2.66. The Kier molecular flexibility index (Phi) is 7.59. The van der Waals surface area contributed by atoms with Crippen LogP contribution in [0.4, 0.5) is 5.82 Å². The van der Waals surface area contributed by atoms with Gasteiger partial charge in [-0.1, -0.05) is 30.3 Å². The highest BCUT2D eigenvalue weighted by Crippen LogP contribution is 2.23. The number of benzene rings is 2. The maximum Gasteiger partial charge on any atom is 0.129 e. The van der Waals surface area contributed by atoms with Crippen molar-refractivity contribution in [1.29, 1.82) is 0 Å². The highest BCUT2D eigenvalue weighted by molar-refractivity contribution is 5.43. The molecular weight excluding hydrogens is 402 g/mol. The first-order valence-corrected chi connectivity index (χ1v) is 11.0. The molecule has 168 valence electrons. The molecule has 0 amide bonds. The van der Waals surface area contributed by atoms with E-state index >= 15 is 0 Å². The fraction of sp³-hybridized carbons (Fsp3) is 0.346. The summed E-state index contributed by atoms with van der Waals surface area (Å²) >= 11 is 0. The summed E-state index contributed by atoms with van der Waals surface area (Å²) in [6.07, 6.45) is 1.99. The van der Waals surface area contributed by atoms with Crippen molar-refractivity contribution < 1.29 is 14.2 Å². The lowest BCUT2D eigenvalue weighted by molar-refractivity contribution is 0.0341. The molecule has 6 nitrogen and oxygen atoms in total. The third-order valence-corrected chi connectivity index (χ3v) is 5.66. The quantitative estimate of drug-likeness (QED) is 0.506. The van der Waals surface area contributed by atoms with E-state index in [0.29, 0.717) is 0 Å². The summed E-state index contributed by atoms with van der Waals surface area (Å²) in [5, 5.41) is 0. The molecule has 1 saturated heterocycles. The van der Waals surface area contributed by atoms with E-state index in [1.165, 1.54) is 16.7 Å². The van der Waals surface area contributed by atoms with Crippen LogP contribution >= 0.6 is 0 Å². The van der Waals surface area contributed by atoms with Gasteiger partial charge in [0.2, 0.25) is 0 Å². The van der Waals surface area contributed by atoms with Gasteiger partial charge in [0.1, 0.15) is 17.3 Å². The Balaban J connectivity index is 1.54. The lowest BCUT2D eigenvalue weighted by Gasteiger charge is -2.27. The average molecular weight is 434 g/mol. The number of methoxy groups -OCH3 is 2. The molecule has 2 aromatic carbocycles. The summed E-state index contributed by atoms with van der Waals surface area (Å²) in [5.41, 5.74) is 3.57. The maximum atomic E-state index is 5.45. The lowest BCUT2D eigenvalue weighted by atomic mass is 10.1. The summed E-state index contributed by atoms with van der Waals surface area (Å²) in [6, 6.07) is 20.7. The third kappa shape index (κ3) is 5.99. The van der Waals surface area contributed by atoms with Gasteiger partial charge in [0.05, 0.1) is 27.4 Å². The first-order chi connectivity index (χ1) is 15.7. The highest BCUT2D eigenvalue weighted by atomic mass is 16.5. The normalized spacial score (nSPS) is 14.2. The number of rotatable bonds is 9. The Hall–Kier alpha value is -3.09. The SMILES string of the molecule is COc1cccc(CN(Cc2cccc(OC)c2)c2ccc(CN3CCOCC3)cn2)c1. The zero-order valence-electron chi connectivity index (χ0n) is 18.9. The zero-order valence-corrected chi connectivity index (χ0v) is 18.9. The highest BCUT2D eigenvalue weighted by Gasteiger charge is 2.14. The van der Waals surface area contributed by atoms with Crippen molar-refractivity contribution >= 4 is 5.82 Å². The predicted octanol–water partition coefficient (Wildman–Crippen LogP) is 4.14. The van der Waals surface area contributed by atoms with Gasteiger partial charge < -0.3 is 19.1 Å². The second-order valence-corrected chi connectivity index (χ2v) is 7.97. The summed E-state index contributed by atoms with van der Waals surface area (Å²) in [6.45, 7) is 5.91. The Bertz CT molecular complexity index is 938. The monoisotopic (exact) mass is 433 g/mol. The minimum atomic E-state index is 0.726. The van der Waals surface area contributed by atoms with Crippen LogP contribution in [-0.4, -0.2) is 50.4 Å². The molecule has 6 heteroatoms. The van der Waals surface area contributed by atoms with E-state index in [1.807, 2.05) is 30.5 Å². The Morgan fingerprint density at radius 3 is 2.00 bits per heavy atom. The molecular formula is C26H31N3O3. The van der Waals surface area contributed by atoms with Crippen molar-refractivity contribution in [1.82, 2.24) is 9.88 Å². The van der Waals surface area contributed by atoms with Crippen LogP contribution in [0.25, 0.3) is 0 Å². The molecule has 1 aromatic heterocycles. The molecule has 1 aliphatic rings. The molecule has 32 heavy (non-hydrogen) atoms. The van der Waals surface area contributed by atoms with Crippen LogP contribution in [0, 0.1) is 0 Å². The van der Waals surface area contributed by atoms with Crippen LogP contribution in [0.2, 0.25) is 0 Å². The van der Waals surface area contributed by atoms with Gasteiger partial charge in [-0.05, 0) is 47.0 Å². The molecule has 0 unspecified atom stereocenters. The summed E-state index contributed by atoms with van der Waals surface area (Å²) < 4.78 is 16.3. The Morgan fingerprint density at radius 2 is 1.47 bits per heavy atom. The van der Waals surface area contributed by atoms with Gasteiger partial charge in [-0.2, -0.15) is 0 Å². The predicted molar refractivity (Wildman–Crippen MR) is 126 cm³/mol. The van der Waals surface area contributed by atoms with Gasteiger partial charge in [-0.3, -0.25) is 4.90 Å². The summed E-state index contributed by atoms with van der Waals surface area (Å²) in [4.78, 5) is 9.51. The third-order valence-electron chi connectivity index (χ3n) is 5.66. The van der Waals surface area contributed by atoms with E-state index < -0.39 is 0 Å². The number of morpholine rings is 1. The fourth-order valence-electron chi connectivity index (χ4n) is 3.92. The maximum absolute atomic E-state index is 5.45. The van der Waals surface area contributed by atoms with Crippen LogP contribution in [-0.2, 0) is 24.4 Å². The number of pyridine rings is 1. The molecule has 0 aliphatic carbocycles. The lowest BCUT2D eigenvalue weighted by Crippen LogP contribution is -2.35. The topological polar surface area (TPSA) is 47.1 Å². The number of aromatic nitrogens is 1. The van der Waals surface area contributed by atoms with Crippen molar-refractivity contribution in [3.05, 3.63) is 83.6 Å². The molecule has 0 saturated carbocycles. The summed E-state index contributed by atoms with van der Waals surface area (Å²) in [7, 11) is 3.39. The van der Waals surface area contributed by atoms with Crippen molar-refractivity contribution in [2.75, 3.05) is 45.4 Å². The van der Waals surface area contributed by atoms with Crippen LogP contribution in [0.15, 0.2) is 66.9 Å². The van der Waals surface area contributed by atoms with Crippen molar-refractivity contribution in [2.24, 2.45) is 0 Å². The molecule has 2 heterocycles. The van der Waals surface area contributed by atoms with Gasteiger partial charge in [-0.25, -0.2) is 4.98 Å². The van der Waals surface area contributed by atoms with Gasteiger partial charge >= 0.3 is 0 Å². The minimum absolute atomic E-state index is 0.726. The molecule has 1 fully saturated rings. The Labute approximate surface area is 190 Å². The molecule has 0 bridgehead atoms. The molecule has 0 N–H and O–H groups in total. The van der Waals surface area contributed by atoms with Crippen molar-refractivity contribution in [3.8, 4) is 11.5 Å². The number of hydrogen-bond donors (Lipinski definition) is 0. The van der Waals surface area contributed by atoms with Gasteiger partial charge in [0, 0.05) is 38.9 Å². The molecule has 0 spiro atoms. The molecule has 4 rings (SSSR count). The fourth-order valence-corrected chi connectivity index (χ4v) is 3.92. The first-order valence-electron chi connectivity index (χ1n) is 11.0. The molecule has 1 aliphatic heterocycles. The smallest absolute Gasteiger partial charge is 0.129 e. The van der Waals surface area contributed by atoms with Gasteiger partial charge in [0.25, 0.3) is 0 Å². The van der Waals surface area contributed by atoms with Crippen molar-refractivity contribution in [3.63, 3.8) is 0 Å². The first kappa shape index (κ1) is 22.1. The minimum Gasteiger partial charge on any atom is -0.497 e. The number of hydrogen-bond acceptors (Lipinski definition) is 6. The standard InChI is InChI=1S/C26H31N3O3/c1-30-24-7-3-5-21(15-24)19-29(20-22-6-4-8-25(16-22)31-2)26-10-9-23(17-27-26)18-28-11-13-32-14-12-28/h3-10,15-17H,11-14,18-20H2,1-2H3. The molecule has 0 atom stereocenters. The number of anilines is 1. The number of ether oxygens (including phenoxy) is 3. The van der Waals surface area contributed by atoms with Crippen LogP contribution in [0.3, 0.4) is 0 Å². The van der Waals surface area contributed by atoms with E-state index in [0.717, 1.165) is 63.3 Å². The van der Waals surface area contributed by atoms with E-state index in [4.69, 9.17) is 19.2 Å². The van der Waals surface area contributed by atoms with E-state index in [2.05, 4.69) is 46.2 Å².